The van der Waals surface area contributed by atoms with Gasteiger partial charge in [0.2, 0.25) is 0 Å². The second-order valence-electron chi connectivity index (χ2n) is 5.52. The highest BCUT2D eigenvalue weighted by Crippen LogP contribution is 2.28. The Morgan fingerprint density at radius 1 is 1.47 bits per heavy atom. The molecule has 0 aromatic heterocycles. The van der Waals surface area contributed by atoms with Crippen LogP contribution in [0.25, 0.3) is 0 Å². The molecule has 0 spiro atoms. The van der Waals surface area contributed by atoms with Gasteiger partial charge in [0.15, 0.2) is 0 Å². The molecule has 19 heavy (non-hydrogen) atoms. The molecule has 0 bridgehead atoms. The van der Waals surface area contributed by atoms with Crippen LogP contribution in [-0.4, -0.2) is 60.0 Å². The average Bonchev–Trinajstić information content (AvgIpc) is 2.27. The normalized spacial score (nSPS) is 21.4. The lowest BCUT2D eigenvalue weighted by molar-refractivity contribution is -0.170. The molecule has 1 fully saturated rings. The fraction of sp³-hybridized carbons (Fsp3) is 0.917. The summed E-state index contributed by atoms with van der Waals surface area (Å²) in [5, 5.41) is 8.62. The molecule has 1 heterocycles. The summed E-state index contributed by atoms with van der Waals surface area (Å²) < 4.78 is 37.4. The molecule has 1 saturated heterocycles. The van der Waals surface area contributed by atoms with E-state index in [9.17, 15) is 13.6 Å². The summed E-state index contributed by atoms with van der Waals surface area (Å²) in [5.41, 5.74) is -0.668. The van der Waals surface area contributed by atoms with E-state index in [1.54, 1.807) is 20.8 Å². The number of alkyl halides is 2. The highest BCUT2D eigenvalue weighted by molar-refractivity contribution is 5.68. The number of aliphatic hydroxyl groups excluding tert-OH is 1. The summed E-state index contributed by atoms with van der Waals surface area (Å²) in [6.07, 6.45) is -2.71. The Kier molecular flexibility index (Phi) is 5.09. The van der Waals surface area contributed by atoms with Crippen LogP contribution in [0.5, 0.6) is 0 Å². The summed E-state index contributed by atoms with van der Waals surface area (Å²) >= 11 is 0. The molecule has 7 heteroatoms. The van der Waals surface area contributed by atoms with Crippen LogP contribution in [0.15, 0.2) is 0 Å². The maximum Gasteiger partial charge on any atom is 0.410 e. The van der Waals surface area contributed by atoms with Crippen LogP contribution in [0.2, 0.25) is 0 Å². The van der Waals surface area contributed by atoms with E-state index in [2.05, 4.69) is 0 Å². The van der Waals surface area contributed by atoms with Gasteiger partial charge in [0.25, 0.3) is 5.92 Å². The molecule has 1 aliphatic heterocycles. The minimum absolute atomic E-state index is 0.0327. The quantitative estimate of drug-likeness (QED) is 0.854. The van der Waals surface area contributed by atoms with E-state index in [1.165, 1.54) is 4.90 Å². The smallest absolute Gasteiger partial charge is 0.410 e. The number of carbonyl (C=O) groups excluding carboxylic acids is 1. The zero-order valence-electron chi connectivity index (χ0n) is 11.5. The number of nitrogens with zero attached hydrogens (tertiary/aromatic N) is 1. The minimum atomic E-state index is -3.16. The van der Waals surface area contributed by atoms with Gasteiger partial charge >= 0.3 is 6.09 Å². The standard InChI is InChI=1S/C12H21F2NO4/c1-11(2,3)19-10(17)15-5-7-18-9(8-15)12(13,14)4-6-16/h9,16H,4-8H2,1-3H3. The van der Waals surface area contributed by atoms with Crippen molar-refractivity contribution in [2.45, 2.75) is 44.8 Å². The monoisotopic (exact) mass is 281 g/mol. The van der Waals surface area contributed by atoms with Gasteiger partial charge in [0.1, 0.15) is 11.7 Å². The molecule has 0 saturated carbocycles. The highest BCUT2D eigenvalue weighted by Gasteiger charge is 2.43. The number of hydrogen-bond acceptors (Lipinski definition) is 4. The molecule has 0 aromatic rings. The van der Waals surface area contributed by atoms with Crippen molar-refractivity contribution in [3.63, 3.8) is 0 Å². The van der Waals surface area contributed by atoms with Crippen molar-refractivity contribution < 1.29 is 28.2 Å². The summed E-state index contributed by atoms with van der Waals surface area (Å²) in [6.45, 7) is 4.53. The first-order chi connectivity index (χ1) is 8.65. The zero-order valence-corrected chi connectivity index (χ0v) is 11.5. The fourth-order valence-electron chi connectivity index (χ4n) is 1.71. The minimum Gasteiger partial charge on any atom is -0.444 e. The number of amides is 1. The molecule has 112 valence electrons. The van der Waals surface area contributed by atoms with Crippen LogP contribution in [-0.2, 0) is 9.47 Å². The summed E-state index contributed by atoms with van der Waals surface area (Å²) in [4.78, 5) is 13.0. The first-order valence-corrected chi connectivity index (χ1v) is 6.24. The number of aliphatic hydroxyl groups is 1. The molecule has 1 rings (SSSR count). The number of morpholine rings is 1. The Balaban J connectivity index is 2.62. The van der Waals surface area contributed by atoms with Crippen molar-refractivity contribution in [1.82, 2.24) is 4.90 Å². The number of halogens is 2. The van der Waals surface area contributed by atoms with Crippen LogP contribution < -0.4 is 0 Å². The molecule has 0 aromatic carbocycles. The summed E-state index contributed by atoms with van der Waals surface area (Å²) in [7, 11) is 0. The first kappa shape index (κ1) is 16.1. The fourth-order valence-corrected chi connectivity index (χ4v) is 1.71. The molecule has 1 unspecified atom stereocenters. The van der Waals surface area contributed by atoms with Crippen molar-refractivity contribution >= 4 is 6.09 Å². The van der Waals surface area contributed by atoms with Gasteiger partial charge in [-0.25, -0.2) is 13.6 Å². The van der Waals surface area contributed by atoms with E-state index in [0.29, 0.717) is 0 Å². The first-order valence-electron chi connectivity index (χ1n) is 6.24. The Morgan fingerprint density at radius 3 is 2.63 bits per heavy atom. The van der Waals surface area contributed by atoms with Crippen molar-refractivity contribution in [1.29, 1.82) is 0 Å². The van der Waals surface area contributed by atoms with Gasteiger partial charge in [0.05, 0.1) is 13.2 Å². The summed E-state index contributed by atoms with van der Waals surface area (Å²) in [6, 6.07) is 0. The number of ether oxygens (including phenoxy) is 2. The van der Waals surface area contributed by atoms with Crippen LogP contribution in [0.4, 0.5) is 13.6 Å². The van der Waals surface area contributed by atoms with Gasteiger partial charge in [-0.1, -0.05) is 0 Å². The lowest BCUT2D eigenvalue weighted by atomic mass is 10.1. The molecular formula is C12H21F2NO4. The van der Waals surface area contributed by atoms with Crippen LogP contribution >= 0.6 is 0 Å². The second-order valence-corrected chi connectivity index (χ2v) is 5.52. The van der Waals surface area contributed by atoms with Crippen LogP contribution in [0, 0.1) is 0 Å². The van der Waals surface area contributed by atoms with E-state index < -0.39 is 36.7 Å². The zero-order chi connectivity index (χ0) is 14.7. The average molecular weight is 281 g/mol. The molecule has 5 nitrogen and oxygen atoms in total. The molecule has 1 N–H and O–H groups in total. The van der Waals surface area contributed by atoms with Crippen molar-refractivity contribution in [2.75, 3.05) is 26.3 Å². The molecule has 0 aliphatic carbocycles. The second kappa shape index (κ2) is 6.00. The third-order valence-corrected chi connectivity index (χ3v) is 2.63. The van der Waals surface area contributed by atoms with Gasteiger partial charge in [-0.3, -0.25) is 0 Å². The summed E-state index contributed by atoms with van der Waals surface area (Å²) in [5.74, 6) is -3.16. The van der Waals surface area contributed by atoms with E-state index >= 15 is 0 Å². The van der Waals surface area contributed by atoms with Crippen LogP contribution in [0.1, 0.15) is 27.2 Å². The van der Waals surface area contributed by atoms with Crippen molar-refractivity contribution in [3.05, 3.63) is 0 Å². The molecule has 1 atom stereocenters. The van der Waals surface area contributed by atoms with Gasteiger partial charge < -0.3 is 19.5 Å². The number of carbonyl (C=O) groups is 1. The Morgan fingerprint density at radius 2 is 2.11 bits per heavy atom. The van der Waals surface area contributed by atoms with E-state index in [4.69, 9.17) is 14.6 Å². The third-order valence-electron chi connectivity index (χ3n) is 2.63. The molecular weight excluding hydrogens is 260 g/mol. The molecule has 1 aliphatic rings. The lowest BCUT2D eigenvalue weighted by Crippen LogP contribution is -2.53. The SMILES string of the molecule is CC(C)(C)OC(=O)N1CCOC(C(F)(F)CCO)C1. The number of hydrogen-bond donors (Lipinski definition) is 1. The van der Waals surface area contributed by atoms with Crippen LogP contribution in [0.3, 0.4) is 0 Å². The van der Waals surface area contributed by atoms with Gasteiger partial charge in [-0.2, -0.15) is 0 Å². The van der Waals surface area contributed by atoms with Crippen molar-refractivity contribution in [3.8, 4) is 0 Å². The molecule has 0 radical (unpaired) electrons. The maximum absolute atomic E-state index is 13.6. The highest BCUT2D eigenvalue weighted by atomic mass is 19.3. The van der Waals surface area contributed by atoms with Gasteiger partial charge in [-0.05, 0) is 20.8 Å². The molecule has 1 amide bonds. The maximum atomic E-state index is 13.6. The lowest BCUT2D eigenvalue weighted by Gasteiger charge is -2.37. The predicted molar refractivity (Wildman–Crippen MR) is 64.2 cm³/mol. The Hall–Kier alpha value is -0.950. The van der Waals surface area contributed by atoms with E-state index in [-0.39, 0.29) is 19.7 Å². The van der Waals surface area contributed by atoms with Gasteiger partial charge in [-0.15, -0.1) is 0 Å². The Bertz CT molecular complexity index is 317. The topological polar surface area (TPSA) is 59.0 Å². The van der Waals surface area contributed by atoms with E-state index in [1.807, 2.05) is 0 Å². The van der Waals surface area contributed by atoms with E-state index in [0.717, 1.165) is 0 Å². The van der Waals surface area contributed by atoms with Crippen molar-refractivity contribution in [2.24, 2.45) is 0 Å². The van der Waals surface area contributed by atoms with Gasteiger partial charge in [0, 0.05) is 19.6 Å². The predicted octanol–water partition coefficient (Wildman–Crippen LogP) is 1.64. The number of rotatable bonds is 3. The largest absolute Gasteiger partial charge is 0.444 e. The Labute approximate surface area is 111 Å². The third kappa shape index (κ3) is 4.91.